The van der Waals surface area contributed by atoms with Crippen LogP contribution in [0.2, 0.25) is 0 Å². The summed E-state index contributed by atoms with van der Waals surface area (Å²) in [5.41, 5.74) is 6.24. The maximum Gasteiger partial charge on any atom is 0.307 e. The Bertz CT molecular complexity index is 333. The molecule has 0 aromatic rings. The molecule has 0 bridgehead atoms. The summed E-state index contributed by atoms with van der Waals surface area (Å²) in [6.07, 6.45) is 4.70. The van der Waals surface area contributed by atoms with E-state index in [0.717, 1.165) is 12.8 Å². The van der Waals surface area contributed by atoms with E-state index in [2.05, 4.69) is 41.5 Å². The first-order chi connectivity index (χ1) is 9.58. The molecular formula is C18H35NO2. The molecule has 3 heteroatoms. The first-order valence-corrected chi connectivity index (χ1v) is 8.53. The number of hydrogen-bond acceptors (Lipinski definition) is 3. The van der Waals surface area contributed by atoms with Crippen LogP contribution in [0, 0.1) is 23.2 Å². The lowest BCUT2D eigenvalue weighted by Crippen LogP contribution is -2.37. The van der Waals surface area contributed by atoms with E-state index in [-0.39, 0.29) is 23.5 Å². The topological polar surface area (TPSA) is 52.3 Å². The summed E-state index contributed by atoms with van der Waals surface area (Å²) in [5, 5.41) is 0. The number of ether oxygens (including phenoxy) is 1. The van der Waals surface area contributed by atoms with Crippen LogP contribution in [0.1, 0.15) is 73.6 Å². The van der Waals surface area contributed by atoms with Crippen molar-refractivity contribution in [3.05, 3.63) is 0 Å². The van der Waals surface area contributed by atoms with Crippen molar-refractivity contribution in [1.82, 2.24) is 0 Å². The molecule has 0 spiro atoms. The molecule has 1 saturated carbocycles. The minimum absolute atomic E-state index is 0.0862. The van der Waals surface area contributed by atoms with E-state index in [1.807, 2.05) is 0 Å². The van der Waals surface area contributed by atoms with Crippen LogP contribution in [-0.4, -0.2) is 18.1 Å². The Morgan fingerprint density at radius 2 is 1.90 bits per heavy atom. The Morgan fingerprint density at radius 1 is 1.29 bits per heavy atom. The molecule has 21 heavy (non-hydrogen) atoms. The zero-order chi connectivity index (χ0) is 16.2. The van der Waals surface area contributed by atoms with Gasteiger partial charge in [-0.1, -0.05) is 48.0 Å². The standard InChI is InChI=1S/C18H35NO2/c1-12(2)15-8-7-13(3)9-16(15)21-17(20)10-14(19)11-18(4,5)6/h12-16H,7-11,19H2,1-6H3. The highest BCUT2D eigenvalue weighted by Crippen LogP contribution is 2.35. The average molecular weight is 297 g/mol. The highest BCUT2D eigenvalue weighted by molar-refractivity contribution is 5.70. The molecule has 1 aliphatic carbocycles. The van der Waals surface area contributed by atoms with Crippen molar-refractivity contribution in [2.75, 3.05) is 0 Å². The minimum atomic E-state index is -0.114. The van der Waals surface area contributed by atoms with E-state index in [1.54, 1.807) is 0 Å². The summed E-state index contributed by atoms with van der Waals surface area (Å²) < 4.78 is 5.80. The lowest BCUT2D eigenvalue weighted by atomic mass is 9.75. The Kier molecular flexibility index (Phi) is 6.71. The molecule has 0 amide bonds. The maximum atomic E-state index is 12.2. The van der Waals surface area contributed by atoms with Crippen molar-refractivity contribution in [3.8, 4) is 0 Å². The molecule has 0 aromatic carbocycles. The third-order valence-electron chi connectivity index (χ3n) is 4.55. The maximum absolute atomic E-state index is 12.2. The molecule has 0 heterocycles. The van der Waals surface area contributed by atoms with E-state index < -0.39 is 0 Å². The van der Waals surface area contributed by atoms with Gasteiger partial charge in [-0.3, -0.25) is 4.79 Å². The molecule has 1 aliphatic rings. The Morgan fingerprint density at radius 3 is 2.43 bits per heavy atom. The van der Waals surface area contributed by atoms with Crippen molar-refractivity contribution in [1.29, 1.82) is 0 Å². The minimum Gasteiger partial charge on any atom is -0.462 e. The first-order valence-electron chi connectivity index (χ1n) is 8.53. The van der Waals surface area contributed by atoms with Gasteiger partial charge in [0, 0.05) is 6.04 Å². The van der Waals surface area contributed by atoms with Crippen LogP contribution in [0.25, 0.3) is 0 Å². The second kappa shape index (κ2) is 7.62. The molecule has 0 aliphatic heterocycles. The van der Waals surface area contributed by atoms with Crippen LogP contribution in [0.15, 0.2) is 0 Å². The third-order valence-corrected chi connectivity index (χ3v) is 4.55. The lowest BCUT2D eigenvalue weighted by Gasteiger charge is -2.37. The van der Waals surface area contributed by atoms with Gasteiger partial charge in [-0.15, -0.1) is 0 Å². The zero-order valence-electron chi connectivity index (χ0n) is 14.8. The fourth-order valence-corrected chi connectivity index (χ4v) is 3.54. The van der Waals surface area contributed by atoms with Crippen LogP contribution in [0.3, 0.4) is 0 Å². The Balaban J connectivity index is 2.51. The largest absolute Gasteiger partial charge is 0.462 e. The molecule has 2 N–H and O–H groups in total. The van der Waals surface area contributed by atoms with Gasteiger partial charge in [0.2, 0.25) is 0 Å². The number of carbonyl (C=O) groups is 1. The van der Waals surface area contributed by atoms with Crippen LogP contribution >= 0.6 is 0 Å². The lowest BCUT2D eigenvalue weighted by molar-refractivity contribution is -0.156. The highest BCUT2D eigenvalue weighted by atomic mass is 16.5. The molecule has 1 fully saturated rings. The molecule has 4 atom stereocenters. The SMILES string of the molecule is CC1CCC(C(C)C)C(OC(=O)CC(N)CC(C)(C)C)C1. The van der Waals surface area contributed by atoms with Gasteiger partial charge in [0.05, 0.1) is 6.42 Å². The summed E-state index contributed by atoms with van der Waals surface area (Å²) in [6.45, 7) is 13.2. The highest BCUT2D eigenvalue weighted by Gasteiger charge is 2.33. The monoisotopic (exact) mass is 297 g/mol. The predicted molar refractivity (Wildman–Crippen MR) is 87.9 cm³/mol. The zero-order valence-corrected chi connectivity index (χ0v) is 14.8. The summed E-state index contributed by atoms with van der Waals surface area (Å²) in [4.78, 5) is 12.2. The molecule has 0 aromatic heterocycles. The van der Waals surface area contributed by atoms with Crippen molar-refractivity contribution in [2.24, 2.45) is 28.9 Å². The normalized spacial score (nSPS) is 28.5. The van der Waals surface area contributed by atoms with Crippen molar-refractivity contribution in [3.63, 3.8) is 0 Å². The van der Waals surface area contributed by atoms with E-state index in [4.69, 9.17) is 10.5 Å². The van der Waals surface area contributed by atoms with Gasteiger partial charge in [0.15, 0.2) is 0 Å². The van der Waals surface area contributed by atoms with Gasteiger partial charge in [0.25, 0.3) is 0 Å². The summed E-state index contributed by atoms with van der Waals surface area (Å²) in [6, 6.07) is -0.101. The van der Waals surface area contributed by atoms with Gasteiger partial charge < -0.3 is 10.5 Å². The molecule has 124 valence electrons. The number of hydrogen-bond donors (Lipinski definition) is 1. The van der Waals surface area contributed by atoms with E-state index in [9.17, 15) is 4.79 Å². The van der Waals surface area contributed by atoms with Crippen molar-refractivity contribution >= 4 is 5.97 Å². The van der Waals surface area contributed by atoms with Crippen molar-refractivity contribution in [2.45, 2.75) is 85.8 Å². The Labute approximate surface area is 131 Å². The molecule has 3 nitrogen and oxygen atoms in total. The Hall–Kier alpha value is -0.570. The fourth-order valence-electron chi connectivity index (χ4n) is 3.54. The van der Waals surface area contributed by atoms with E-state index in [1.165, 1.54) is 12.8 Å². The number of rotatable bonds is 5. The summed E-state index contributed by atoms with van der Waals surface area (Å²) in [7, 11) is 0. The third kappa shape index (κ3) is 6.82. The van der Waals surface area contributed by atoms with Gasteiger partial charge in [-0.25, -0.2) is 0 Å². The molecule has 4 unspecified atom stereocenters. The second-order valence-corrected chi connectivity index (χ2v) is 8.58. The number of nitrogens with two attached hydrogens (primary N) is 1. The van der Waals surface area contributed by atoms with Crippen LogP contribution in [-0.2, 0) is 9.53 Å². The quantitative estimate of drug-likeness (QED) is 0.776. The number of carbonyl (C=O) groups excluding carboxylic acids is 1. The molecular weight excluding hydrogens is 262 g/mol. The first kappa shape index (κ1) is 18.5. The second-order valence-electron chi connectivity index (χ2n) is 8.58. The van der Waals surface area contributed by atoms with E-state index in [0.29, 0.717) is 24.2 Å². The predicted octanol–water partition coefficient (Wildman–Crippen LogP) is 4.14. The summed E-state index contributed by atoms with van der Waals surface area (Å²) >= 11 is 0. The van der Waals surface area contributed by atoms with E-state index >= 15 is 0 Å². The van der Waals surface area contributed by atoms with Gasteiger partial charge in [0.1, 0.15) is 6.10 Å². The summed E-state index contributed by atoms with van der Waals surface area (Å²) in [5.74, 6) is 1.61. The smallest absolute Gasteiger partial charge is 0.307 e. The van der Waals surface area contributed by atoms with Crippen LogP contribution in [0.5, 0.6) is 0 Å². The van der Waals surface area contributed by atoms with Crippen LogP contribution < -0.4 is 5.73 Å². The molecule has 0 radical (unpaired) electrons. The van der Waals surface area contributed by atoms with Crippen molar-refractivity contribution < 1.29 is 9.53 Å². The number of esters is 1. The van der Waals surface area contributed by atoms with Gasteiger partial charge in [-0.05, 0) is 42.4 Å². The fraction of sp³-hybridized carbons (Fsp3) is 0.944. The van der Waals surface area contributed by atoms with Gasteiger partial charge >= 0.3 is 5.97 Å². The molecule has 0 saturated heterocycles. The van der Waals surface area contributed by atoms with Crippen LogP contribution in [0.4, 0.5) is 0 Å². The molecule has 1 rings (SSSR count). The average Bonchev–Trinajstić information content (AvgIpc) is 2.24. The van der Waals surface area contributed by atoms with Gasteiger partial charge in [-0.2, -0.15) is 0 Å².